The van der Waals surface area contributed by atoms with Crippen molar-refractivity contribution < 1.29 is 28.2 Å². The molecule has 8 nitrogen and oxygen atoms in total. The zero-order chi connectivity index (χ0) is 24.9. The Bertz CT molecular complexity index is 1320. The highest BCUT2D eigenvalue weighted by molar-refractivity contribution is 6.05. The topological polar surface area (TPSA) is 92.1 Å². The number of anilines is 1. The second-order valence-corrected chi connectivity index (χ2v) is 7.93. The molecule has 0 saturated carbocycles. The molecule has 4 aromatic rings. The normalized spacial score (nSPS) is 11.7. The first-order valence-electron chi connectivity index (χ1n) is 11.2. The van der Waals surface area contributed by atoms with Gasteiger partial charge in [-0.3, -0.25) is 4.79 Å². The molecule has 1 heterocycles. The van der Waals surface area contributed by atoms with Gasteiger partial charge < -0.3 is 28.7 Å². The molecule has 3 aromatic carbocycles. The minimum Gasteiger partial charge on any atom is -0.493 e. The molecule has 182 valence electrons. The van der Waals surface area contributed by atoms with Crippen LogP contribution in [0.4, 0.5) is 5.69 Å². The van der Waals surface area contributed by atoms with Gasteiger partial charge >= 0.3 is 0 Å². The maximum atomic E-state index is 12.8. The Labute approximate surface area is 203 Å². The minimum absolute atomic E-state index is 0.0720. The van der Waals surface area contributed by atoms with Gasteiger partial charge in [0.1, 0.15) is 11.3 Å². The van der Waals surface area contributed by atoms with Gasteiger partial charge in [-0.1, -0.05) is 13.0 Å². The Morgan fingerprint density at radius 1 is 1.00 bits per heavy atom. The van der Waals surface area contributed by atoms with Crippen molar-refractivity contribution in [3.8, 4) is 34.5 Å². The molecule has 1 N–H and O–H groups in total. The van der Waals surface area contributed by atoms with Crippen LogP contribution < -0.4 is 24.3 Å². The SMILES string of the molecule is CC[C@@H](C)Oc1cccc(C(=O)Nc2ccc3oc(-c4cc(OC)c(OC)c(OC)c4)nc3c2)c1. The van der Waals surface area contributed by atoms with E-state index in [2.05, 4.69) is 10.3 Å². The zero-order valence-electron chi connectivity index (χ0n) is 20.4. The summed E-state index contributed by atoms with van der Waals surface area (Å²) in [7, 11) is 4.65. The Hall–Kier alpha value is -4.20. The van der Waals surface area contributed by atoms with E-state index in [0.29, 0.717) is 56.8 Å². The maximum Gasteiger partial charge on any atom is 0.255 e. The van der Waals surface area contributed by atoms with Crippen molar-refractivity contribution >= 4 is 22.7 Å². The summed E-state index contributed by atoms with van der Waals surface area (Å²) in [6, 6.07) is 16.0. The van der Waals surface area contributed by atoms with Crippen LogP contribution in [0, 0.1) is 0 Å². The van der Waals surface area contributed by atoms with E-state index < -0.39 is 0 Å². The number of nitrogens with zero attached hydrogens (tertiary/aromatic N) is 1. The highest BCUT2D eigenvalue weighted by Gasteiger charge is 2.18. The van der Waals surface area contributed by atoms with Gasteiger partial charge in [0, 0.05) is 16.8 Å². The molecular formula is C27H28N2O6. The molecule has 0 aliphatic rings. The zero-order valence-corrected chi connectivity index (χ0v) is 20.4. The molecule has 0 bridgehead atoms. The molecule has 8 heteroatoms. The monoisotopic (exact) mass is 476 g/mol. The summed E-state index contributed by atoms with van der Waals surface area (Å²) >= 11 is 0. The van der Waals surface area contributed by atoms with E-state index in [1.807, 2.05) is 19.9 Å². The van der Waals surface area contributed by atoms with Gasteiger partial charge in [0.25, 0.3) is 5.91 Å². The molecular weight excluding hydrogens is 448 g/mol. The minimum atomic E-state index is -0.243. The van der Waals surface area contributed by atoms with Gasteiger partial charge in [0.15, 0.2) is 17.1 Å². The summed E-state index contributed by atoms with van der Waals surface area (Å²) in [5.74, 6) is 2.28. The molecule has 1 atom stereocenters. The van der Waals surface area contributed by atoms with Crippen molar-refractivity contribution in [3.05, 3.63) is 60.2 Å². The Morgan fingerprint density at radius 2 is 1.74 bits per heavy atom. The molecule has 0 aliphatic carbocycles. The van der Waals surface area contributed by atoms with Crippen molar-refractivity contribution in [1.29, 1.82) is 0 Å². The number of hydrogen-bond donors (Lipinski definition) is 1. The third kappa shape index (κ3) is 5.16. The van der Waals surface area contributed by atoms with Crippen molar-refractivity contribution in [3.63, 3.8) is 0 Å². The number of carbonyl (C=O) groups excluding carboxylic acids is 1. The molecule has 0 radical (unpaired) electrons. The van der Waals surface area contributed by atoms with Crippen LogP contribution >= 0.6 is 0 Å². The number of methoxy groups -OCH3 is 3. The maximum absolute atomic E-state index is 12.8. The fraction of sp³-hybridized carbons (Fsp3) is 0.259. The van der Waals surface area contributed by atoms with Crippen LogP contribution in [0.15, 0.2) is 59.0 Å². The number of carbonyl (C=O) groups is 1. The van der Waals surface area contributed by atoms with Crippen molar-refractivity contribution in [2.45, 2.75) is 26.4 Å². The standard InChI is InChI=1S/C27H28N2O6/c1-6-16(2)34-20-9-7-8-17(12-20)26(30)28-19-10-11-22-21(15-19)29-27(35-22)18-13-23(31-3)25(33-5)24(14-18)32-4/h7-16H,6H2,1-5H3,(H,28,30)/t16-/m1/s1. The smallest absolute Gasteiger partial charge is 0.255 e. The van der Waals surface area contributed by atoms with Crippen molar-refractivity contribution in [2.75, 3.05) is 26.6 Å². The second kappa shape index (κ2) is 10.4. The van der Waals surface area contributed by atoms with E-state index in [-0.39, 0.29) is 12.0 Å². The number of fused-ring (bicyclic) bond motifs is 1. The van der Waals surface area contributed by atoms with Gasteiger partial charge in [-0.05, 0) is 61.9 Å². The molecule has 0 saturated heterocycles. The van der Waals surface area contributed by atoms with Crippen LogP contribution in [-0.4, -0.2) is 38.3 Å². The lowest BCUT2D eigenvalue weighted by atomic mass is 10.2. The first-order chi connectivity index (χ1) is 16.9. The largest absolute Gasteiger partial charge is 0.493 e. The fourth-order valence-corrected chi connectivity index (χ4v) is 3.56. The summed E-state index contributed by atoms with van der Waals surface area (Å²) in [5, 5.41) is 2.91. The fourth-order valence-electron chi connectivity index (χ4n) is 3.56. The van der Waals surface area contributed by atoms with Gasteiger partial charge in [-0.25, -0.2) is 4.98 Å². The summed E-state index contributed by atoms with van der Waals surface area (Å²) in [4.78, 5) is 17.4. The number of ether oxygens (including phenoxy) is 4. The van der Waals surface area contributed by atoms with Gasteiger partial charge in [0.2, 0.25) is 11.6 Å². The Balaban J connectivity index is 1.58. The summed E-state index contributed by atoms with van der Waals surface area (Å²) < 4.78 is 28.0. The number of rotatable bonds is 9. The molecule has 1 aromatic heterocycles. The van der Waals surface area contributed by atoms with E-state index in [4.69, 9.17) is 23.4 Å². The van der Waals surface area contributed by atoms with E-state index in [1.54, 1.807) is 69.9 Å². The third-order valence-electron chi connectivity index (χ3n) is 5.57. The van der Waals surface area contributed by atoms with Crippen LogP contribution in [0.3, 0.4) is 0 Å². The Morgan fingerprint density at radius 3 is 2.40 bits per heavy atom. The molecule has 4 rings (SSSR count). The summed E-state index contributed by atoms with van der Waals surface area (Å²) in [6.07, 6.45) is 0.953. The van der Waals surface area contributed by atoms with Gasteiger partial charge in [0.05, 0.1) is 27.4 Å². The average molecular weight is 477 g/mol. The summed E-state index contributed by atoms with van der Waals surface area (Å²) in [6.45, 7) is 4.04. The van der Waals surface area contributed by atoms with Gasteiger partial charge in [-0.15, -0.1) is 0 Å². The van der Waals surface area contributed by atoms with Crippen molar-refractivity contribution in [2.24, 2.45) is 0 Å². The van der Waals surface area contributed by atoms with Crippen LogP contribution in [-0.2, 0) is 0 Å². The van der Waals surface area contributed by atoms with Crippen LogP contribution in [0.1, 0.15) is 30.6 Å². The van der Waals surface area contributed by atoms with Crippen molar-refractivity contribution in [1.82, 2.24) is 4.98 Å². The van der Waals surface area contributed by atoms with E-state index >= 15 is 0 Å². The molecule has 1 amide bonds. The molecule has 35 heavy (non-hydrogen) atoms. The number of benzene rings is 3. The molecule has 0 aliphatic heterocycles. The number of amides is 1. The lowest BCUT2D eigenvalue weighted by molar-refractivity contribution is 0.102. The van der Waals surface area contributed by atoms with Crippen LogP contribution in [0.2, 0.25) is 0 Å². The predicted octanol–water partition coefficient (Wildman–Crippen LogP) is 5.95. The molecule has 0 spiro atoms. The van der Waals surface area contributed by atoms with Crippen LogP contribution in [0.25, 0.3) is 22.6 Å². The number of oxazole rings is 1. The van der Waals surface area contributed by atoms with E-state index in [1.165, 1.54) is 0 Å². The number of hydrogen-bond acceptors (Lipinski definition) is 7. The quantitative estimate of drug-likeness (QED) is 0.319. The third-order valence-corrected chi connectivity index (χ3v) is 5.57. The second-order valence-electron chi connectivity index (χ2n) is 7.93. The van der Waals surface area contributed by atoms with Gasteiger partial charge in [-0.2, -0.15) is 0 Å². The predicted molar refractivity (Wildman–Crippen MR) is 134 cm³/mol. The number of aromatic nitrogens is 1. The average Bonchev–Trinajstić information content (AvgIpc) is 3.31. The number of nitrogens with one attached hydrogen (secondary N) is 1. The van der Waals surface area contributed by atoms with E-state index in [0.717, 1.165) is 6.42 Å². The van der Waals surface area contributed by atoms with E-state index in [9.17, 15) is 4.79 Å². The van der Waals surface area contributed by atoms with Crippen LogP contribution in [0.5, 0.6) is 23.0 Å². The first-order valence-corrected chi connectivity index (χ1v) is 11.2. The first kappa shape index (κ1) is 23.9. The molecule has 0 unspecified atom stereocenters. The molecule has 0 fully saturated rings. The lowest BCUT2D eigenvalue weighted by Gasteiger charge is -2.13. The lowest BCUT2D eigenvalue weighted by Crippen LogP contribution is -2.13. The highest BCUT2D eigenvalue weighted by atomic mass is 16.5. The Kier molecular flexibility index (Phi) is 7.10. The highest BCUT2D eigenvalue weighted by Crippen LogP contribution is 2.41. The summed E-state index contributed by atoms with van der Waals surface area (Å²) in [5.41, 5.74) is 2.94.